The molecule has 0 heterocycles. The van der Waals surface area contributed by atoms with Gasteiger partial charge in [0.25, 0.3) is 0 Å². The molecule has 0 spiro atoms. The van der Waals surface area contributed by atoms with Crippen LogP contribution in [0.1, 0.15) is 46.5 Å². The normalized spacial score (nSPS) is 23.1. The van der Waals surface area contributed by atoms with Crippen molar-refractivity contribution in [2.75, 3.05) is 13.2 Å². The van der Waals surface area contributed by atoms with Crippen molar-refractivity contribution in [2.45, 2.75) is 58.1 Å². The first kappa shape index (κ1) is 16.8. The van der Waals surface area contributed by atoms with E-state index in [0.29, 0.717) is 26.0 Å². The molecule has 20 heavy (non-hydrogen) atoms. The molecule has 1 aliphatic carbocycles. The zero-order valence-corrected chi connectivity index (χ0v) is 12.6. The minimum Gasteiger partial charge on any atom is -0.481 e. The Bertz CT molecular complexity index is 344. The Morgan fingerprint density at radius 3 is 2.65 bits per heavy atom. The molecule has 1 rings (SSSR count). The number of ether oxygens (including phenoxy) is 1. The number of aliphatic carboxylic acids is 1. The predicted octanol–water partition coefficient (Wildman–Crippen LogP) is 1.74. The third-order valence-electron chi connectivity index (χ3n) is 3.57. The maximum Gasteiger partial charge on any atom is 0.315 e. The summed E-state index contributed by atoms with van der Waals surface area (Å²) >= 11 is 0. The highest BCUT2D eigenvalue weighted by Crippen LogP contribution is 2.24. The van der Waals surface area contributed by atoms with E-state index in [1.165, 1.54) is 0 Å². The first-order valence-corrected chi connectivity index (χ1v) is 7.25. The fourth-order valence-electron chi connectivity index (χ4n) is 2.52. The molecule has 0 aliphatic heterocycles. The summed E-state index contributed by atoms with van der Waals surface area (Å²) in [5.41, 5.74) is -0.401. The molecule has 1 fully saturated rings. The molecule has 1 aliphatic rings. The Balaban J connectivity index is 2.33. The van der Waals surface area contributed by atoms with E-state index in [-0.39, 0.29) is 18.0 Å². The zero-order chi connectivity index (χ0) is 15.2. The molecule has 2 unspecified atom stereocenters. The van der Waals surface area contributed by atoms with E-state index in [1.807, 2.05) is 20.8 Å². The quantitative estimate of drug-likeness (QED) is 0.694. The summed E-state index contributed by atoms with van der Waals surface area (Å²) in [6.45, 7) is 6.76. The molecule has 0 radical (unpaired) electrons. The molecule has 2 atom stereocenters. The van der Waals surface area contributed by atoms with Gasteiger partial charge >= 0.3 is 12.0 Å². The molecule has 6 nitrogen and oxygen atoms in total. The lowest BCUT2D eigenvalue weighted by molar-refractivity contribution is -0.143. The maximum atomic E-state index is 11.8. The van der Waals surface area contributed by atoms with Gasteiger partial charge in [0, 0.05) is 19.2 Å². The number of amides is 2. The van der Waals surface area contributed by atoms with Gasteiger partial charge in [0.1, 0.15) is 0 Å². The fraction of sp³-hybridized carbons (Fsp3) is 0.857. The van der Waals surface area contributed by atoms with Crippen molar-refractivity contribution in [2.24, 2.45) is 5.92 Å². The van der Waals surface area contributed by atoms with Crippen LogP contribution in [0, 0.1) is 5.92 Å². The van der Waals surface area contributed by atoms with Gasteiger partial charge in [0.05, 0.1) is 11.5 Å². The van der Waals surface area contributed by atoms with Gasteiger partial charge < -0.3 is 20.5 Å². The topological polar surface area (TPSA) is 87.7 Å². The first-order valence-electron chi connectivity index (χ1n) is 7.25. The molecule has 0 aromatic carbocycles. The smallest absolute Gasteiger partial charge is 0.315 e. The molecular weight excluding hydrogens is 260 g/mol. The largest absolute Gasteiger partial charge is 0.481 e. The lowest BCUT2D eigenvalue weighted by Gasteiger charge is -2.29. The second-order valence-corrected chi connectivity index (χ2v) is 5.92. The van der Waals surface area contributed by atoms with E-state index in [0.717, 1.165) is 12.8 Å². The number of carboxylic acids is 1. The minimum absolute atomic E-state index is 0.0555. The highest BCUT2D eigenvalue weighted by Gasteiger charge is 2.28. The van der Waals surface area contributed by atoms with Gasteiger partial charge in [0.2, 0.25) is 0 Å². The van der Waals surface area contributed by atoms with Crippen molar-refractivity contribution in [3.63, 3.8) is 0 Å². The SMILES string of the molecule is CCOC(C)(C)CNC(=O)NC1CCCC(C(=O)O)C1. The van der Waals surface area contributed by atoms with Crippen LogP contribution in [-0.4, -0.2) is 41.9 Å². The first-order chi connectivity index (χ1) is 9.34. The molecule has 0 aromatic rings. The van der Waals surface area contributed by atoms with Gasteiger partial charge in [-0.05, 0) is 40.0 Å². The Labute approximate surface area is 120 Å². The molecule has 6 heteroatoms. The van der Waals surface area contributed by atoms with Crippen LogP contribution in [0.5, 0.6) is 0 Å². The highest BCUT2D eigenvalue weighted by atomic mass is 16.5. The molecule has 1 saturated carbocycles. The van der Waals surface area contributed by atoms with Crippen LogP contribution in [0.2, 0.25) is 0 Å². The van der Waals surface area contributed by atoms with Crippen molar-refractivity contribution in [1.82, 2.24) is 10.6 Å². The van der Waals surface area contributed by atoms with Gasteiger partial charge in [-0.25, -0.2) is 4.79 Å². The van der Waals surface area contributed by atoms with Crippen LogP contribution in [0.4, 0.5) is 4.79 Å². The van der Waals surface area contributed by atoms with Crippen molar-refractivity contribution >= 4 is 12.0 Å². The van der Waals surface area contributed by atoms with Crippen LogP contribution in [0.15, 0.2) is 0 Å². The van der Waals surface area contributed by atoms with Crippen molar-refractivity contribution < 1.29 is 19.4 Å². The standard InChI is InChI=1S/C14H26N2O4/c1-4-20-14(2,3)9-15-13(19)16-11-7-5-6-10(8-11)12(17)18/h10-11H,4-9H2,1-3H3,(H,17,18)(H2,15,16,19). The predicted molar refractivity (Wildman–Crippen MR) is 75.6 cm³/mol. The second-order valence-electron chi connectivity index (χ2n) is 5.92. The lowest BCUT2D eigenvalue weighted by atomic mass is 9.86. The minimum atomic E-state index is -0.769. The van der Waals surface area contributed by atoms with Crippen LogP contribution in [0.3, 0.4) is 0 Å². The zero-order valence-electron chi connectivity index (χ0n) is 12.6. The Morgan fingerprint density at radius 1 is 1.35 bits per heavy atom. The molecule has 2 amide bonds. The number of carboxylic acid groups (broad SMARTS) is 1. The number of carbonyl (C=O) groups is 2. The Morgan fingerprint density at radius 2 is 2.05 bits per heavy atom. The Hall–Kier alpha value is -1.30. The summed E-state index contributed by atoms with van der Waals surface area (Å²) in [5, 5.41) is 14.6. The van der Waals surface area contributed by atoms with Gasteiger partial charge in [0.15, 0.2) is 0 Å². The highest BCUT2D eigenvalue weighted by molar-refractivity contribution is 5.74. The molecule has 3 N–H and O–H groups in total. The van der Waals surface area contributed by atoms with Gasteiger partial charge in [-0.2, -0.15) is 0 Å². The third kappa shape index (κ3) is 5.77. The molecule has 0 bridgehead atoms. The van der Waals surface area contributed by atoms with Gasteiger partial charge in [-0.15, -0.1) is 0 Å². The number of nitrogens with one attached hydrogen (secondary N) is 2. The summed E-state index contributed by atoms with van der Waals surface area (Å²) < 4.78 is 5.50. The van der Waals surface area contributed by atoms with E-state index in [2.05, 4.69) is 10.6 Å². The number of carbonyl (C=O) groups excluding carboxylic acids is 1. The van der Waals surface area contributed by atoms with E-state index in [4.69, 9.17) is 9.84 Å². The monoisotopic (exact) mass is 286 g/mol. The number of hydrogen-bond acceptors (Lipinski definition) is 3. The third-order valence-corrected chi connectivity index (χ3v) is 3.57. The van der Waals surface area contributed by atoms with E-state index in [9.17, 15) is 9.59 Å². The molecule has 0 saturated heterocycles. The van der Waals surface area contributed by atoms with Gasteiger partial charge in [-0.3, -0.25) is 4.79 Å². The van der Waals surface area contributed by atoms with Gasteiger partial charge in [-0.1, -0.05) is 6.42 Å². The average Bonchev–Trinajstić information content (AvgIpc) is 2.37. The van der Waals surface area contributed by atoms with Crippen LogP contribution >= 0.6 is 0 Å². The van der Waals surface area contributed by atoms with E-state index < -0.39 is 11.6 Å². The van der Waals surface area contributed by atoms with E-state index >= 15 is 0 Å². The fourth-order valence-corrected chi connectivity index (χ4v) is 2.52. The van der Waals surface area contributed by atoms with Crippen molar-refractivity contribution in [1.29, 1.82) is 0 Å². The van der Waals surface area contributed by atoms with Crippen molar-refractivity contribution in [3.05, 3.63) is 0 Å². The van der Waals surface area contributed by atoms with Crippen LogP contribution in [-0.2, 0) is 9.53 Å². The summed E-state index contributed by atoms with van der Waals surface area (Å²) in [5.74, 6) is -1.11. The average molecular weight is 286 g/mol. The molecular formula is C14H26N2O4. The summed E-state index contributed by atoms with van der Waals surface area (Å²) in [6, 6.07) is -0.311. The second kappa shape index (κ2) is 7.47. The number of urea groups is 1. The lowest BCUT2D eigenvalue weighted by Crippen LogP contribution is -2.49. The summed E-state index contributed by atoms with van der Waals surface area (Å²) in [6.07, 6.45) is 2.89. The number of hydrogen-bond donors (Lipinski definition) is 3. The Kier molecular flexibility index (Phi) is 6.26. The number of rotatable bonds is 6. The van der Waals surface area contributed by atoms with E-state index in [1.54, 1.807) is 0 Å². The van der Waals surface area contributed by atoms with Crippen molar-refractivity contribution in [3.8, 4) is 0 Å². The maximum absolute atomic E-state index is 11.8. The van der Waals surface area contributed by atoms with Crippen LogP contribution in [0.25, 0.3) is 0 Å². The summed E-state index contributed by atoms with van der Waals surface area (Å²) in [7, 11) is 0. The van der Waals surface area contributed by atoms with Crippen LogP contribution < -0.4 is 10.6 Å². The summed E-state index contributed by atoms with van der Waals surface area (Å²) in [4.78, 5) is 22.8. The molecule has 0 aromatic heterocycles. The molecule has 116 valence electrons.